The lowest BCUT2D eigenvalue weighted by Gasteiger charge is -2.04. The van der Waals surface area contributed by atoms with Gasteiger partial charge in [-0.3, -0.25) is 20.9 Å². The van der Waals surface area contributed by atoms with Crippen molar-refractivity contribution in [3.63, 3.8) is 0 Å². The fourth-order valence-electron chi connectivity index (χ4n) is 1.53. The quantitative estimate of drug-likeness (QED) is 0.377. The molecule has 1 aromatic heterocycles. The first kappa shape index (κ1) is 13.3. The van der Waals surface area contributed by atoms with E-state index in [0.717, 1.165) is 11.4 Å². The molecule has 19 heavy (non-hydrogen) atoms. The molecule has 1 heterocycles. The van der Waals surface area contributed by atoms with Gasteiger partial charge in [0.15, 0.2) is 0 Å². The van der Waals surface area contributed by atoms with E-state index in [2.05, 4.69) is 10.4 Å². The number of nitrogen functional groups attached to an aromatic ring is 1. The number of thioether (sulfide) groups is 1. The number of nitro benzene ring substituents is 1. The Bertz CT molecular complexity index is 591. The van der Waals surface area contributed by atoms with E-state index in [1.165, 1.54) is 17.8 Å². The molecule has 0 radical (unpaired) electrons. The van der Waals surface area contributed by atoms with Crippen molar-refractivity contribution in [2.45, 2.75) is 10.6 Å². The van der Waals surface area contributed by atoms with Crippen LogP contribution in [0, 0.1) is 10.1 Å². The van der Waals surface area contributed by atoms with Gasteiger partial charge in [0.05, 0.1) is 21.2 Å². The zero-order valence-electron chi connectivity index (χ0n) is 9.95. The number of hydrogen-bond donors (Lipinski definition) is 2. The zero-order chi connectivity index (χ0) is 13.7. The lowest BCUT2D eigenvalue weighted by atomic mass is 10.3. The molecule has 0 amide bonds. The van der Waals surface area contributed by atoms with Crippen LogP contribution in [0.2, 0.25) is 0 Å². The van der Waals surface area contributed by atoms with Gasteiger partial charge in [0.2, 0.25) is 0 Å². The monoisotopic (exact) mass is 276 g/mol. The van der Waals surface area contributed by atoms with E-state index < -0.39 is 0 Å². The first-order valence-corrected chi connectivity index (χ1v) is 6.47. The molecule has 0 aliphatic heterocycles. The number of nitro groups is 1. The molecule has 0 aliphatic carbocycles. The number of hydrazine groups is 1. The van der Waals surface area contributed by atoms with E-state index in [1.807, 2.05) is 6.07 Å². The van der Waals surface area contributed by atoms with E-state index >= 15 is 0 Å². The van der Waals surface area contributed by atoms with Crippen molar-refractivity contribution in [1.29, 1.82) is 0 Å². The minimum absolute atomic E-state index is 0.112. The molecule has 0 aliphatic rings. The van der Waals surface area contributed by atoms with E-state index in [0.29, 0.717) is 10.6 Å². The predicted octanol–water partition coefficient (Wildman–Crippen LogP) is 2.57. The largest absolute Gasteiger partial charge is 0.324 e. The van der Waals surface area contributed by atoms with Gasteiger partial charge < -0.3 is 5.43 Å². The average Bonchev–Trinajstić information content (AvgIpc) is 2.45. The lowest BCUT2D eigenvalue weighted by molar-refractivity contribution is -0.387. The first-order valence-electron chi connectivity index (χ1n) is 5.48. The van der Waals surface area contributed by atoms with Gasteiger partial charge in [0.25, 0.3) is 5.69 Å². The summed E-state index contributed by atoms with van der Waals surface area (Å²) >= 11 is 1.37. The van der Waals surface area contributed by atoms with Crippen LogP contribution in [-0.4, -0.2) is 9.91 Å². The molecule has 3 N–H and O–H groups in total. The summed E-state index contributed by atoms with van der Waals surface area (Å²) in [6.07, 6.45) is 1.64. The highest BCUT2D eigenvalue weighted by Gasteiger charge is 2.12. The van der Waals surface area contributed by atoms with Gasteiger partial charge in [-0.05, 0) is 18.2 Å². The summed E-state index contributed by atoms with van der Waals surface area (Å²) in [4.78, 5) is 15.3. The summed E-state index contributed by atoms with van der Waals surface area (Å²) in [5, 5.41) is 10.9. The second-order valence-corrected chi connectivity index (χ2v) is 4.71. The standard InChI is InChI=1S/C12H12N4O2S/c13-15-9-5-6-14-10(7-9)8-19-12-4-2-1-3-11(12)16(17)18/h1-7H,8,13H2,(H,14,15). The van der Waals surface area contributed by atoms with Gasteiger partial charge >= 0.3 is 0 Å². The Morgan fingerprint density at radius 2 is 2.16 bits per heavy atom. The molecule has 7 heteroatoms. The fourth-order valence-corrected chi connectivity index (χ4v) is 2.46. The number of nitrogens with zero attached hydrogens (tertiary/aromatic N) is 2. The highest BCUT2D eigenvalue weighted by Crippen LogP contribution is 2.30. The summed E-state index contributed by atoms with van der Waals surface area (Å²) in [6.45, 7) is 0. The second kappa shape index (κ2) is 6.17. The number of aromatic nitrogens is 1. The maximum Gasteiger partial charge on any atom is 0.282 e. The van der Waals surface area contributed by atoms with Gasteiger partial charge in [-0.2, -0.15) is 0 Å². The molecule has 2 rings (SSSR count). The second-order valence-electron chi connectivity index (χ2n) is 3.69. The summed E-state index contributed by atoms with van der Waals surface area (Å²) in [5.74, 6) is 5.86. The van der Waals surface area contributed by atoms with Crippen LogP contribution in [0.1, 0.15) is 5.69 Å². The lowest BCUT2D eigenvalue weighted by Crippen LogP contribution is -2.07. The minimum Gasteiger partial charge on any atom is -0.324 e. The summed E-state index contributed by atoms with van der Waals surface area (Å²) in [7, 11) is 0. The Hall–Kier alpha value is -2.12. The molecule has 0 atom stereocenters. The highest BCUT2D eigenvalue weighted by atomic mass is 32.2. The Labute approximate surface area is 114 Å². The molecule has 98 valence electrons. The van der Waals surface area contributed by atoms with Crippen LogP contribution in [0.3, 0.4) is 0 Å². The summed E-state index contributed by atoms with van der Waals surface area (Å²) in [5.41, 5.74) is 4.21. The molecule has 1 aromatic carbocycles. The normalized spacial score (nSPS) is 10.2. The molecular weight excluding hydrogens is 264 g/mol. The molecule has 0 bridgehead atoms. The molecule has 0 unspecified atom stereocenters. The van der Waals surface area contributed by atoms with E-state index in [4.69, 9.17) is 5.84 Å². The van der Waals surface area contributed by atoms with Gasteiger partial charge in [-0.1, -0.05) is 12.1 Å². The topological polar surface area (TPSA) is 94.1 Å². The van der Waals surface area contributed by atoms with Crippen molar-refractivity contribution in [1.82, 2.24) is 4.98 Å². The Kier molecular flexibility index (Phi) is 4.32. The van der Waals surface area contributed by atoms with Crippen LogP contribution in [0.15, 0.2) is 47.5 Å². The first-order chi connectivity index (χ1) is 9.20. The van der Waals surface area contributed by atoms with Crippen LogP contribution < -0.4 is 11.3 Å². The van der Waals surface area contributed by atoms with Crippen molar-refractivity contribution >= 4 is 23.1 Å². The third kappa shape index (κ3) is 3.43. The molecule has 0 fully saturated rings. The number of anilines is 1. The van der Waals surface area contributed by atoms with E-state index in [9.17, 15) is 10.1 Å². The minimum atomic E-state index is -0.381. The van der Waals surface area contributed by atoms with Crippen LogP contribution in [-0.2, 0) is 5.75 Å². The van der Waals surface area contributed by atoms with Crippen LogP contribution in [0.25, 0.3) is 0 Å². The zero-order valence-corrected chi connectivity index (χ0v) is 10.8. The van der Waals surface area contributed by atoms with Gasteiger partial charge in [0.1, 0.15) is 0 Å². The fraction of sp³-hybridized carbons (Fsp3) is 0.0833. The Morgan fingerprint density at radius 1 is 1.37 bits per heavy atom. The molecule has 6 nitrogen and oxygen atoms in total. The van der Waals surface area contributed by atoms with Crippen molar-refractivity contribution in [3.8, 4) is 0 Å². The van der Waals surface area contributed by atoms with E-state index in [1.54, 1.807) is 30.5 Å². The maximum absolute atomic E-state index is 10.9. The third-order valence-electron chi connectivity index (χ3n) is 2.42. The van der Waals surface area contributed by atoms with Crippen LogP contribution >= 0.6 is 11.8 Å². The van der Waals surface area contributed by atoms with E-state index in [-0.39, 0.29) is 10.6 Å². The Balaban J connectivity index is 2.12. The molecule has 2 aromatic rings. The van der Waals surface area contributed by atoms with Crippen molar-refractivity contribution in [2.24, 2.45) is 5.84 Å². The van der Waals surface area contributed by atoms with Crippen LogP contribution in [0.5, 0.6) is 0 Å². The average molecular weight is 276 g/mol. The number of nitrogens with one attached hydrogen (secondary N) is 1. The van der Waals surface area contributed by atoms with Crippen LogP contribution in [0.4, 0.5) is 11.4 Å². The molecule has 0 saturated carbocycles. The van der Waals surface area contributed by atoms with Crippen molar-refractivity contribution < 1.29 is 4.92 Å². The van der Waals surface area contributed by atoms with Gasteiger partial charge in [-0.15, -0.1) is 11.8 Å². The van der Waals surface area contributed by atoms with Gasteiger partial charge in [-0.25, -0.2) is 0 Å². The van der Waals surface area contributed by atoms with Crippen molar-refractivity contribution in [3.05, 3.63) is 58.4 Å². The summed E-state index contributed by atoms with van der Waals surface area (Å²) in [6, 6.07) is 10.2. The third-order valence-corrected chi connectivity index (χ3v) is 3.52. The number of nitrogens with two attached hydrogens (primary N) is 1. The number of benzene rings is 1. The smallest absolute Gasteiger partial charge is 0.282 e. The number of rotatable bonds is 5. The Morgan fingerprint density at radius 3 is 2.89 bits per heavy atom. The highest BCUT2D eigenvalue weighted by molar-refractivity contribution is 7.98. The predicted molar refractivity (Wildman–Crippen MR) is 74.7 cm³/mol. The number of hydrogen-bond acceptors (Lipinski definition) is 6. The molecule has 0 spiro atoms. The van der Waals surface area contributed by atoms with Gasteiger partial charge in [0, 0.05) is 18.0 Å². The van der Waals surface area contributed by atoms with Crippen molar-refractivity contribution in [2.75, 3.05) is 5.43 Å². The number of para-hydroxylation sites is 1. The maximum atomic E-state index is 10.9. The molecule has 0 saturated heterocycles. The summed E-state index contributed by atoms with van der Waals surface area (Å²) < 4.78 is 0. The molecular formula is C12H12N4O2S. The number of pyridine rings is 1. The SMILES string of the molecule is NNc1ccnc(CSc2ccccc2[N+](=O)[O-])c1.